The van der Waals surface area contributed by atoms with Crippen LogP contribution in [0.1, 0.15) is 51.3 Å². The molecule has 4 N–H and O–H groups in total. The van der Waals surface area contributed by atoms with Crippen LogP contribution in [-0.4, -0.2) is 58.7 Å². The van der Waals surface area contributed by atoms with Gasteiger partial charge in [-0.3, -0.25) is 0 Å². The van der Waals surface area contributed by atoms with Gasteiger partial charge in [0.25, 0.3) is 6.01 Å². The van der Waals surface area contributed by atoms with Gasteiger partial charge in [0.1, 0.15) is 0 Å². The summed E-state index contributed by atoms with van der Waals surface area (Å²) in [5.74, 6) is -0.531. The molecule has 2 aliphatic rings. The van der Waals surface area contributed by atoms with Crippen LogP contribution in [0.15, 0.2) is 47.3 Å². The summed E-state index contributed by atoms with van der Waals surface area (Å²) in [4.78, 5) is 25.4. The van der Waals surface area contributed by atoms with Crippen molar-refractivity contribution in [3.8, 4) is 11.3 Å². The molecule has 2 fully saturated rings. The number of carbonyl (C=O) groups is 1. The first kappa shape index (κ1) is 28.7. The van der Waals surface area contributed by atoms with E-state index in [0.717, 1.165) is 50.6 Å². The number of alkyl halides is 3. The zero-order chi connectivity index (χ0) is 28.8. The minimum atomic E-state index is -4.55. The van der Waals surface area contributed by atoms with Crippen LogP contribution in [0.5, 0.6) is 0 Å². The maximum atomic E-state index is 12.9. The van der Waals surface area contributed by atoms with Gasteiger partial charge in [0.05, 0.1) is 24.3 Å². The van der Waals surface area contributed by atoms with Crippen molar-refractivity contribution < 1.29 is 22.4 Å². The molecule has 3 aromatic rings. The number of amides is 2. The molecule has 2 aromatic heterocycles. The number of oxazole rings is 1. The second-order valence-electron chi connectivity index (χ2n) is 10.5. The number of nitrogens with zero attached hydrogens (tertiary/aromatic N) is 4. The molecule has 13 heteroatoms. The molecular formula is C28H35F3N8O2. The third-order valence-electron chi connectivity index (χ3n) is 7.45. The molecule has 0 spiro atoms. The highest BCUT2D eigenvalue weighted by atomic mass is 19.4. The maximum Gasteiger partial charge on any atom is 0.451 e. The van der Waals surface area contributed by atoms with Gasteiger partial charge in [0.15, 0.2) is 5.76 Å². The predicted molar refractivity (Wildman–Crippen MR) is 150 cm³/mol. The number of piperidine rings is 1. The van der Waals surface area contributed by atoms with E-state index in [1.54, 1.807) is 6.20 Å². The SMILES string of the molecule is CCNC(=O)Nc1cccc(-c2cnc(N[C@@H]3CCCC[C@H]3N[C@H]3CCCN(c4cnc(C(F)(F)F)nc4)C3)o2)c1. The number of benzene rings is 1. The number of aromatic nitrogens is 3. The Bertz CT molecular complexity index is 1300. The standard InChI is InChI=1S/C28H35F3N8O2/c1-2-32-26(40)37-19-8-5-7-18(13-19)24-16-35-27(41-24)38-23-11-4-3-10-22(23)36-20-9-6-12-39(17-20)21-14-33-25(34-15-21)28(29,30)31/h5,7-8,13-16,20,22-23,36H,2-4,6,9-12,17H2,1H3,(H,35,38)(H2,32,37,40)/t20-,22+,23+/m0/s1. The van der Waals surface area contributed by atoms with Crippen LogP contribution in [-0.2, 0) is 6.18 Å². The second kappa shape index (κ2) is 12.8. The van der Waals surface area contributed by atoms with Crippen molar-refractivity contribution in [2.24, 2.45) is 0 Å². The van der Waals surface area contributed by atoms with Gasteiger partial charge in [-0.25, -0.2) is 19.7 Å². The molecule has 0 bridgehead atoms. The van der Waals surface area contributed by atoms with Crippen molar-refractivity contribution in [1.29, 1.82) is 0 Å². The zero-order valence-electron chi connectivity index (χ0n) is 22.9. The van der Waals surface area contributed by atoms with E-state index < -0.39 is 12.0 Å². The van der Waals surface area contributed by atoms with Crippen molar-refractivity contribution in [3.05, 3.63) is 48.7 Å². The van der Waals surface area contributed by atoms with E-state index >= 15 is 0 Å². The van der Waals surface area contributed by atoms with Gasteiger partial charge >= 0.3 is 12.2 Å². The fourth-order valence-corrected chi connectivity index (χ4v) is 5.50. The summed E-state index contributed by atoms with van der Waals surface area (Å²) in [6.07, 6.45) is 5.70. The Morgan fingerprint density at radius 2 is 1.83 bits per heavy atom. The van der Waals surface area contributed by atoms with Crippen LogP contribution < -0.4 is 26.2 Å². The van der Waals surface area contributed by atoms with Crippen molar-refractivity contribution in [2.75, 3.05) is 35.2 Å². The van der Waals surface area contributed by atoms with Crippen molar-refractivity contribution in [3.63, 3.8) is 0 Å². The van der Waals surface area contributed by atoms with E-state index in [9.17, 15) is 18.0 Å². The number of carbonyl (C=O) groups excluding carboxylic acids is 1. The second-order valence-corrected chi connectivity index (χ2v) is 10.5. The van der Waals surface area contributed by atoms with Gasteiger partial charge in [0, 0.05) is 49.0 Å². The van der Waals surface area contributed by atoms with E-state index in [4.69, 9.17) is 4.42 Å². The Kier molecular flexibility index (Phi) is 8.91. The normalized spacial score (nSPS) is 21.4. The molecule has 10 nitrogen and oxygen atoms in total. The number of nitrogens with one attached hydrogen (secondary N) is 4. The summed E-state index contributed by atoms with van der Waals surface area (Å²) >= 11 is 0. The summed E-state index contributed by atoms with van der Waals surface area (Å²) in [6, 6.07) is 8.04. The van der Waals surface area contributed by atoms with E-state index in [0.29, 0.717) is 36.2 Å². The minimum absolute atomic E-state index is 0.116. The molecule has 41 heavy (non-hydrogen) atoms. The van der Waals surface area contributed by atoms with E-state index in [-0.39, 0.29) is 24.2 Å². The van der Waals surface area contributed by atoms with Crippen LogP contribution in [0.4, 0.5) is 35.4 Å². The van der Waals surface area contributed by atoms with Crippen LogP contribution in [0.2, 0.25) is 0 Å². The lowest BCUT2D eigenvalue weighted by Crippen LogP contribution is -2.55. The summed E-state index contributed by atoms with van der Waals surface area (Å²) in [6.45, 7) is 3.81. The van der Waals surface area contributed by atoms with Gasteiger partial charge < -0.3 is 30.6 Å². The average Bonchev–Trinajstić information content (AvgIpc) is 3.43. The molecule has 2 amide bonds. The largest absolute Gasteiger partial charge is 0.451 e. The quantitative estimate of drug-likeness (QED) is 0.288. The number of rotatable bonds is 8. The zero-order valence-corrected chi connectivity index (χ0v) is 22.9. The molecule has 1 saturated heterocycles. The van der Waals surface area contributed by atoms with Crippen LogP contribution in [0.3, 0.4) is 0 Å². The third-order valence-corrected chi connectivity index (χ3v) is 7.45. The summed E-state index contributed by atoms with van der Waals surface area (Å²) in [5.41, 5.74) is 2.05. The van der Waals surface area contributed by atoms with Crippen molar-refractivity contribution >= 4 is 23.4 Å². The highest BCUT2D eigenvalue weighted by Crippen LogP contribution is 2.29. The monoisotopic (exact) mass is 572 g/mol. The molecule has 1 aliphatic heterocycles. The first-order valence-electron chi connectivity index (χ1n) is 14.1. The first-order chi connectivity index (χ1) is 19.8. The predicted octanol–water partition coefficient (Wildman–Crippen LogP) is 5.27. The smallest absolute Gasteiger partial charge is 0.424 e. The average molecular weight is 573 g/mol. The Morgan fingerprint density at radius 1 is 1.05 bits per heavy atom. The van der Waals surface area contributed by atoms with E-state index in [2.05, 4.69) is 36.2 Å². The number of hydrogen-bond donors (Lipinski definition) is 4. The van der Waals surface area contributed by atoms with Gasteiger partial charge in [-0.05, 0) is 44.7 Å². The van der Waals surface area contributed by atoms with Crippen molar-refractivity contribution in [2.45, 2.75) is 69.8 Å². The topological polar surface area (TPSA) is 120 Å². The highest BCUT2D eigenvalue weighted by molar-refractivity contribution is 5.89. The maximum absolute atomic E-state index is 12.9. The fraction of sp³-hybridized carbons (Fsp3) is 0.500. The Hall–Kier alpha value is -3.87. The Morgan fingerprint density at radius 3 is 2.59 bits per heavy atom. The molecule has 3 atom stereocenters. The Balaban J connectivity index is 1.20. The fourth-order valence-electron chi connectivity index (χ4n) is 5.50. The Labute approximate surface area is 236 Å². The number of halogens is 3. The summed E-state index contributed by atoms with van der Waals surface area (Å²) in [7, 11) is 0. The molecular weight excluding hydrogens is 537 g/mol. The van der Waals surface area contributed by atoms with Gasteiger partial charge in [-0.15, -0.1) is 0 Å². The minimum Gasteiger partial charge on any atom is -0.424 e. The lowest BCUT2D eigenvalue weighted by Gasteiger charge is -2.40. The first-order valence-corrected chi connectivity index (χ1v) is 14.1. The number of hydrogen-bond acceptors (Lipinski definition) is 8. The summed E-state index contributed by atoms with van der Waals surface area (Å²) < 4.78 is 44.6. The highest BCUT2D eigenvalue weighted by Gasteiger charge is 2.35. The molecule has 1 aliphatic carbocycles. The van der Waals surface area contributed by atoms with Crippen LogP contribution in [0, 0.1) is 0 Å². The van der Waals surface area contributed by atoms with E-state index in [1.807, 2.05) is 36.1 Å². The molecule has 3 heterocycles. The lowest BCUT2D eigenvalue weighted by molar-refractivity contribution is -0.145. The third kappa shape index (κ3) is 7.46. The van der Waals surface area contributed by atoms with Crippen LogP contribution in [0.25, 0.3) is 11.3 Å². The molecule has 220 valence electrons. The van der Waals surface area contributed by atoms with Crippen LogP contribution >= 0.6 is 0 Å². The van der Waals surface area contributed by atoms with E-state index in [1.165, 1.54) is 12.4 Å². The number of urea groups is 1. The lowest BCUT2D eigenvalue weighted by atomic mass is 9.89. The molecule has 0 unspecified atom stereocenters. The van der Waals surface area contributed by atoms with Gasteiger partial charge in [-0.2, -0.15) is 13.2 Å². The molecule has 1 saturated carbocycles. The van der Waals surface area contributed by atoms with Gasteiger partial charge in [0.2, 0.25) is 5.82 Å². The molecule has 5 rings (SSSR count). The van der Waals surface area contributed by atoms with Crippen molar-refractivity contribution in [1.82, 2.24) is 25.6 Å². The van der Waals surface area contributed by atoms with Gasteiger partial charge in [-0.1, -0.05) is 25.0 Å². The molecule has 1 aromatic carbocycles. The summed E-state index contributed by atoms with van der Waals surface area (Å²) in [5, 5.41) is 12.8. The number of anilines is 3. The molecule has 0 radical (unpaired) electrons.